The molecule has 1 fully saturated rings. The van der Waals surface area contributed by atoms with Crippen LogP contribution in [0.1, 0.15) is 26.2 Å². The Morgan fingerprint density at radius 3 is 2.67 bits per heavy atom. The number of ether oxygens (including phenoxy) is 1. The minimum atomic E-state index is 0.524. The zero-order valence-electron chi connectivity index (χ0n) is 10.5. The Morgan fingerprint density at radius 1 is 1.47 bits per heavy atom. The molecule has 1 atom stereocenters. The summed E-state index contributed by atoms with van der Waals surface area (Å²) >= 11 is 0. The first-order chi connectivity index (χ1) is 7.27. The maximum absolute atomic E-state index is 5.27. The number of hydrogen-bond acceptors (Lipinski definition) is 3. The Bertz CT molecular complexity index is 160. The quantitative estimate of drug-likeness (QED) is 0.660. The molecular formula is C12H26N2O. The Balaban J connectivity index is 2.24. The zero-order chi connectivity index (χ0) is 11.1. The fourth-order valence-electron chi connectivity index (χ4n) is 2.08. The largest absolute Gasteiger partial charge is 0.383 e. The van der Waals surface area contributed by atoms with E-state index in [1.165, 1.54) is 25.8 Å². The van der Waals surface area contributed by atoms with Crippen molar-refractivity contribution in [3.05, 3.63) is 0 Å². The summed E-state index contributed by atoms with van der Waals surface area (Å²) in [7, 11) is 4.01. The number of rotatable bonds is 8. The molecule has 0 aliphatic heterocycles. The average molecular weight is 214 g/mol. The summed E-state index contributed by atoms with van der Waals surface area (Å²) < 4.78 is 5.27. The lowest BCUT2D eigenvalue weighted by molar-refractivity contribution is 0.0844. The highest BCUT2D eigenvalue weighted by Crippen LogP contribution is 2.27. The van der Waals surface area contributed by atoms with E-state index in [1.54, 1.807) is 7.11 Å². The van der Waals surface area contributed by atoms with Gasteiger partial charge in [0.2, 0.25) is 0 Å². The summed E-state index contributed by atoms with van der Waals surface area (Å²) in [6.07, 6.45) is 4.27. The van der Waals surface area contributed by atoms with Crippen LogP contribution in [0.4, 0.5) is 0 Å². The van der Waals surface area contributed by atoms with E-state index in [2.05, 4.69) is 24.2 Å². The topological polar surface area (TPSA) is 24.5 Å². The van der Waals surface area contributed by atoms with E-state index >= 15 is 0 Å². The van der Waals surface area contributed by atoms with Crippen molar-refractivity contribution in [1.29, 1.82) is 0 Å². The molecule has 0 bridgehead atoms. The normalized spacial score (nSPS) is 19.2. The standard InChI is InChI=1S/C12H26N2O/c1-4-13-8-12(10-15-3)14(2)9-11-6-5-7-11/h11-13H,4-10H2,1-3H3. The van der Waals surface area contributed by atoms with Gasteiger partial charge in [0.25, 0.3) is 0 Å². The highest BCUT2D eigenvalue weighted by Gasteiger charge is 2.22. The van der Waals surface area contributed by atoms with Gasteiger partial charge in [0.05, 0.1) is 6.61 Å². The summed E-state index contributed by atoms with van der Waals surface area (Å²) in [6.45, 7) is 6.29. The Kier molecular flexibility index (Phi) is 6.22. The summed E-state index contributed by atoms with van der Waals surface area (Å²) in [5, 5.41) is 3.40. The molecule has 1 saturated carbocycles. The lowest BCUT2D eigenvalue weighted by Crippen LogP contribution is -2.45. The predicted molar refractivity (Wildman–Crippen MR) is 64.2 cm³/mol. The zero-order valence-corrected chi connectivity index (χ0v) is 10.5. The monoisotopic (exact) mass is 214 g/mol. The number of hydrogen-bond donors (Lipinski definition) is 1. The van der Waals surface area contributed by atoms with Crippen LogP contribution in [0.15, 0.2) is 0 Å². The molecule has 1 unspecified atom stereocenters. The van der Waals surface area contributed by atoms with Gasteiger partial charge in [-0.3, -0.25) is 4.90 Å². The van der Waals surface area contributed by atoms with Gasteiger partial charge in [-0.15, -0.1) is 0 Å². The molecule has 1 rings (SSSR count). The minimum absolute atomic E-state index is 0.524. The molecule has 3 nitrogen and oxygen atoms in total. The molecule has 0 aromatic carbocycles. The van der Waals surface area contributed by atoms with Gasteiger partial charge >= 0.3 is 0 Å². The lowest BCUT2D eigenvalue weighted by atomic mass is 9.85. The fraction of sp³-hybridized carbons (Fsp3) is 1.00. The van der Waals surface area contributed by atoms with Crippen molar-refractivity contribution in [3.63, 3.8) is 0 Å². The molecule has 0 spiro atoms. The van der Waals surface area contributed by atoms with Crippen molar-refractivity contribution in [1.82, 2.24) is 10.2 Å². The van der Waals surface area contributed by atoms with E-state index in [4.69, 9.17) is 4.74 Å². The molecule has 0 aromatic heterocycles. The third-order valence-corrected chi connectivity index (χ3v) is 3.38. The molecule has 1 N–H and O–H groups in total. The second-order valence-corrected chi connectivity index (χ2v) is 4.65. The van der Waals surface area contributed by atoms with Crippen LogP contribution in [-0.2, 0) is 4.74 Å². The van der Waals surface area contributed by atoms with E-state index in [1.807, 2.05) is 0 Å². The van der Waals surface area contributed by atoms with Gasteiger partial charge in [-0.05, 0) is 32.4 Å². The highest BCUT2D eigenvalue weighted by atomic mass is 16.5. The first kappa shape index (κ1) is 12.9. The van der Waals surface area contributed by atoms with Gasteiger partial charge in [0.1, 0.15) is 0 Å². The molecular weight excluding hydrogens is 188 g/mol. The Morgan fingerprint density at radius 2 is 2.20 bits per heavy atom. The molecule has 0 aromatic rings. The van der Waals surface area contributed by atoms with Gasteiger partial charge in [0, 0.05) is 26.2 Å². The van der Waals surface area contributed by atoms with Crippen molar-refractivity contribution in [2.75, 3.05) is 40.4 Å². The van der Waals surface area contributed by atoms with E-state index < -0.39 is 0 Å². The third kappa shape index (κ3) is 4.49. The van der Waals surface area contributed by atoms with Gasteiger partial charge in [-0.2, -0.15) is 0 Å². The lowest BCUT2D eigenvalue weighted by Gasteiger charge is -2.34. The second-order valence-electron chi connectivity index (χ2n) is 4.65. The van der Waals surface area contributed by atoms with Crippen molar-refractivity contribution < 1.29 is 4.74 Å². The summed E-state index contributed by atoms with van der Waals surface area (Å²) in [6, 6.07) is 0.524. The summed E-state index contributed by atoms with van der Waals surface area (Å²) in [5.41, 5.74) is 0. The SMILES string of the molecule is CCNCC(COC)N(C)CC1CCC1. The van der Waals surface area contributed by atoms with E-state index in [-0.39, 0.29) is 0 Å². The number of nitrogens with zero attached hydrogens (tertiary/aromatic N) is 1. The van der Waals surface area contributed by atoms with Crippen LogP contribution in [0.5, 0.6) is 0 Å². The van der Waals surface area contributed by atoms with E-state index in [0.29, 0.717) is 6.04 Å². The van der Waals surface area contributed by atoms with Crippen LogP contribution in [0.3, 0.4) is 0 Å². The van der Waals surface area contributed by atoms with Crippen LogP contribution in [0.2, 0.25) is 0 Å². The van der Waals surface area contributed by atoms with Crippen LogP contribution < -0.4 is 5.32 Å². The van der Waals surface area contributed by atoms with E-state index in [9.17, 15) is 0 Å². The van der Waals surface area contributed by atoms with Gasteiger partial charge < -0.3 is 10.1 Å². The predicted octanol–water partition coefficient (Wildman–Crippen LogP) is 1.34. The first-order valence-corrected chi connectivity index (χ1v) is 6.17. The summed E-state index contributed by atoms with van der Waals surface area (Å²) in [4.78, 5) is 2.45. The maximum atomic E-state index is 5.27. The number of nitrogens with one attached hydrogen (secondary N) is 1. The van der Waals surface area contributed by atoms with Crippen LogP contribution in [0.25, 0.3) is 0 Å². The van der Waals surface area contributed by atoms with Crippen LogP contribution in [-0.4, -0.2) is 51.3 Å². The van der Waals surface area contributed by atoms with Crippen molar-refractivity contribution in [3.8, 4) is 0 Å². The highest BCUT2D eigenvalue weighted by molar-refractivity contribution is 4.77. The smallest absolute Gasteiger partial charge is 0.0630 e. The van der Waals surface area contributed by atoms with Gasteiger partial charge in [-0.25, -0.2) is 0 Å². The molecule has 0 radical (unpaired) electrons. The average Bonchev–Trinajstić information content (AvgIpc) is 2.18. The first-order valence-electron chi connectivity index (χ1n) is 6.17. The number of methoxy groups -OCH3 is 1. The second kappa shape index (κ2) is 7.20. The Labute approximate surface area is 94.2 Å². The molecule has 90 valence electrons. The maximum Gasteiger partial charge on any atom is 0.0630 e. The molecule has 0 heterocycles. The molecule has 0 amide bonds. The third-order valence-electron chi connectivity index (χ3n) is 3.38. The minimum Gasteiger partial charge on any atom is -0.383 e. The number of likely N-dealkylation sites (N-methyl/N-ethyl adjacent to an activating group) is 2. The molecule has 1 aliphatic rings. The van der Waals surface area contributed by atoms with E-state index in [0.717, 1.165) is 25.6 Å². The molecule has 1 aliphatic carbocycles. The van der Waals surface area contributed by atoms with Crippen molar-refractivity contribution in [2.45, 2.75) is 32.2 Å². The van der Waals surface area contributed by atoms with Crippen molar-refractivity contribution in [2.24, 2.45) is 5.92 Å². The van der Waals surface area contributed by atoms with Crippen LogP contribution >= 0.6 is 0 Å². The van der Waals surface area contributed by atoms with Gasteiger partial charge in [-0.1, -0.05) is 13.3 Å². The van der Waals surface area contributed by atoms with Crippen LogP contribution in [0, 0.1) is 5.92 Å². The van der Waals surface area contributed by atoms with Gasteiger partial charge in [0.15, 0.2) is 0 Å². The summed E-state index contributed by atoms with van der Waals surface area (Å²) in [5.74, 6) is 0.941. The Hall–Kier alpha value is -0.120. The molecule has 0 saturated heterocycles. The molecule has 15 heavy (non-hydrogen) atoms. The molecule has 3 heteroatoms. The fourth-order valence-corrected chi connectivity index (χ4v) is 2.08. The van der Waals surface area contributed by atoms with Crippen molar-refractivity contribution >= 4 is 0 Å².